The summed E-state index contributed by atoms with van der Waals surface area (Å²) in [6.07, 6.45) is 2.70. The number of sulfonamides is 1. The van der Waals surface area contributed by atoms with Gasteiger partial charge in [-0.25, -0.2) is 13.1 Å². The number of aryl methyl sites for hydroxylation is 1. The zero-order valence-electron chi connectivity index (χ0n) is 8.58. The predicted octanol–water partition coefficient (Wildman–Crippen LogP) is 1.34. The van der Waals surface area contributed by atoms with Gasteiger partial charge in [-0.05, 0) is 28.9 Å². The maximum atomic E-state index is 11.9. The van der Waals surface area contributed by atoms with Gasteiger partial charge in [-0.2, -0.15) is 4.98 Å². The number of hydrogen-bond donors (Lipinski definition) is 1. The Labute approximate surface area is 105 Å². The third-order valence-electron chi connectivity index (χ3n) is 1.74. The van der Waals surface area contributed by atoms with Crippen molar-refractivity contribution in [1.82, 2.24) is 15.1 Å². The molecule has 0 bridgehead atoms. The highest BCUT2D eigenvalue weighted by molar-refractivity contribution is 9.10. The van der Waals surface area contributed by atoms with E-state index < -0.39 is 10.0 Å². The van der Waals surface area contributed by atoms with E-state index in [4.69, 9.17) is 0 Å². The van der Waals surface area contributed by atoms with Gasteiger partial charge in [-0.1, -0.05) is 5.16 Å². The highest BCUT2D eigenvalue weighted by Gasteiger charge is 2.18. The zero-order valence-corrected chi connectivity index (χ0v) is 11.0. The molecule has 7 nitrogen and oxygen atoms in total. The van der Waals surface area contributed by atoms with Crippen molar-refractivity contribution in [2.24, 2.45) is 0 Å². The quantitative estimate of drug-likeness (QED) is 0.916. The first-order valence-corrected chi connectivity index (χ1v) is 6.69. The van der Waals surface area contributed by atoms with E-state index in [0.29, 0.717) is 10.3 Å². The van der Waals surface area contributed by atoms with Crippen molar-refractivity contribution in [3.8, 4) is 0 Å². The summed E-state index contributed by atoms with van der Waals surface area (Å²) in [5.74, 6) is 0.343. The Morgan fingerprint density at radius 2 is 2.18 bits per heavy atom. The van der Waals surface area contributed by atoms with Crippen LogP contribution in [-0.2, 0) is 10.0 Å². The molecule has 90 valence electrons. The molecule has 2 aromatic rings. The van der Waals surface area contributed by atoms with Crippen LogP contribution in [-0.4, -0.2) is 23.5 Å². The molecule has 0 aliphatic heterocycles. The molecule has 0 atom stereocenters. The molecule has 0 aliphatic carbocycles. The van der Waals surface area contributed by atoms with Crippen molar-refractivity contribution in [1.29, 1.82) is 0 Å². The van der Waals surface area contributed by atoms with Gasteiger partial charge in [0.1, 0.15) is 4.90 Å². The topological polar surface area (TPSA) is 98.0 Å². The molecule has 0 aliphatic rings. The fourth-order valence-electron chi connectivity index (χ4n) is 1.05. The molecule has 9 heteroatoms. The van der Waals surface area contributed by atoms with Crippen molar-refractivity contribution in [2.45, 2.75) is 11.8 Å². The van der Waals surface area contributed by atoms with Crippen LogP contribution >= 0.6 is 15.9 Å². The Balaban J connectivity index is 2.31. The minimum absolute atomic E-state index is 0.00253. The van der Waals surface area contributed by atoms with Crippen LogP contribution < -0.4 is 4.72 Å². The Morgan fingerprint density at radius 3 is 2.76 bits per heavy atom. The van der Waals surface area contributed by atoms with Crippen molar-refractivity contribution in [2.75, 3.05) is 4.72 Å². The maximum absolute atomic E-state index is 11.9. The van der Waals surface area contributed by atoms with Crippen LogP contribution in [0.3, 0.4) is 0 Å². The van der Waals surface area contributed by atoms with Gasteiger partial charge in [0.2, 0.25) is 0 Å². The average molecular weight is 319 g/mol. The number of anilines is 1. The van der Waals surface area contributed by atoms with Crippen LogP contribution in [0.25, 0.3) is 0 Å². The Bertz CT molecular complexity index is 640. The Hall–Kier alpha value is -1.48. The molecule has 0 amide bonds. The Morgan fingerprint density at radius 1 is 1.41 bits per heavy atom. The van der Waals surface area contributed by atoms with Crippen LogP contribution in [0.5, 0.6) is 0 Å². The number of rotatable bonds is 3. The third-order valence-corrected chi connectivity index (χ3v) is 3.46. The van der Waals surface area contributed by atoms with E-state index in [1.807, 2.05) is 0 Å². The lowest BCUT2D eigenvalue weighted by Gasteiger charge is -2.03. The molecule has 0 fully saturated rings. The first-order valence-electron chi connectivity index (χ1n) is 4.41. The van der Waals surface area contributed by atoms with Gasteiger partial charge < -0.3 is 4.52 Å². The third kappa shape index (κ3) is 2.80. The van der Waals surface area contributed by atoms with Gasteiger partial charge in [-0.3, -0.25) is 4.98 Å². The lowest BCUT2D eigenvalue weighted by molar-refractivity contribution is 0.429. The van der Waals surface area contributed by atoms with Crippen molar-refractivity contribution in [3.63, 3.8) is 0 Å². The van der Waals surface area contributed by atoms with E-state index in [9.17, 15) is 8.42 Å². The predicted molar refractivity (Wildman–Crippen MR) is 61.8 cm³/mol. The fourth-order valence-corrected chi connectivity index (χ4v) is 2.48. The molecule has 2 rings (SSSR count). The first kappa shape index (κ1) is 12.0. The van der Waals surface area contributed by atoms with Crippen molar-refractivity contribution in [3.05, 3.63) is 28.8 Å². The summed E-state index contributed by atoms with van der Waals surface area (Å²) in [5.41, 5.74) is 0. The molecule has 0 aromatic carbocycles. The highest BCUT2D eigenvalue weighted by Crippen LogP contribution is 2.17. The van der Waals surface area contributed by atoms with Gasteiger partial charge in [0, 0.05) is 16.9 Å². The van der Waals surface area contributed by atoms with E-state index in [1.165, 1.54) is 18.5 Å². The number of nitrogens with one attached hydrogen (secondary N) is 1. The molecular formula is C8H7BrN4O3S. The van der Waals surface area contributed by atoms with Gasteiger partial charge in [-0.15, -0.1) is 0 Å². The summed E-state index contributed by atoms with van der Waals surface area (Å²) < 4.78 is 31.1. The summed E-state index contributed by atoms with van der Waals surface area (Å²) in [5, 5.41) is 3.47. The van der Waals surface area contributed by atoms with Crippen molar-refractivity contribution >= 4 is 32.0 Å². The minimum Gasteiger partial charge on any atom is -0.314 e. The molecule has 0 saturated carbocycles. The smallest absolute Gasteiger partial charge is 0.314 e. The molecule has 0 spiro atoms. The molecule has 0 unspecified atom stereocenters. The number of pyridine rings is 1. The lowest BCUT2D eigenvalue weighted by atomic mass is 10.5. The second-order valence-electron chi connectivity index (χ2n) is 3.09. The zero-order chi connectivity index (χ0) is 12.5. The van der Waals surface area contributed by atoms with E-state index in [1.54, 1.807) is 6.92 Å². The number of aromatic nitrogens is 3. The molecule has 1 N–H and O–H groups in total. The number of halogens is 1. The Kier molecular flexibility index (Phi) is 3.11. The van der Waals surface area contributed by atoms with Crippen molar-refractivity contribution < 1.29 is 12.9 Å². The SMILES string of the molecule is Cc1noc(NS(=O)(=O)c2cncc(Br)c2)n1. The standard InChI is InChI=1S/C8H7BrN4O3S/c1-5-11-8(16-12-5)13-17(14,15)7-2-6(9)3-10-4-7/h2-4H,1H3,(H,11,12,13). The minimum atomic E-state index is -3.76. The van der Waals surface area contributed by atoms with Gasteiger partial charge in [0.25, 0.3) is 10.0 Å². The normalized spacial score (nSPS) is 11.4. The average Bonchev–Trinajstić information content (AvgIpc) is 2.63. The van der Waals surface area contributed by atoms with Crippen LogP contribution in [0.15, 0.2) is 32.4 Å². The summed E-state index contributed by atoms with van der Waals surface area (Å²) in [6.45, 7) is 1.59. The second-order valence-corrected chi connectivity index (χ2v) is 5.69. The van der Waals surface area contributed by atoms with Crippen LogP contribution in [0.2, 0.25) is 0 Å². The highest BCUT2D eigenvalue weighted by atomic mass is 79.9. The fraction of sp³-hybridized carbons (Fsp3) is 0.125. The number of nitrogens with zero attached hydrogens (tertiary/aromatic N) is 3. The van der Waals surface area contributed by atoms with Gasteiger partial charge in [0.05, 0.1) is 0 Å². The molecule has 2 aromatic heterocycles. The monoisotopic (exact) mass is 318 g/mol. The van der Waals surface area contributed by atoms with Gasteiger partial charge in [0.15, 0.2) is 5.82 Å². The molecule has 17 heavy (non-hydrogen) atoms. The van der Waals surface area contributed by atoms with Crippen LogP contribution in [0.1, 0.15) is 5.82 Å². The number of hydrogen-bond acceptors (Lipinski definition) is 6. The van der Waals surface area contributed by atoms with Gasteiger partial charge >= 0.3 is 6.01 Å². The maximum Gasteiger partial charge on any atom is 0.335 e. The summed E-state index contributed by atoms with van der Waals surface area (Å²) >= 11 is 3.14. The molecule has 0 radical (unpaired) electrons. The molecular weight excluding hydrogens is 312 g/mol. The van der Waals surface area contributed by atoms with E-state index in [-0.39, 0.29) is 10.9 Å². The first-order chi connectivity index (χ1) is 7.97. The summed E-state index contributed by atoms with van der Waals surface area (Å²) in [4.78, 5) is 7.51. The lowest BCUT2D eigenvalue weighted by Crippen LogP contribution is -2.13. The summed E-state index contributed by atoms with van der Waals surface area (Å²) in [7, 11) is -3.76. The second kappa shape index (κ2) is 4.41. The van der Waals surface area contributed by atoms with E-state index in [0.717, 1.165) is 0 Å². The van der Waals surface area contributed by atoms with E-state index >= 15 is 0 Å². The molecule has 0 saturated heterocycles. The summed E-state index contributed by atoms with van der Waals surface area (Å²) in [6, 6.07) is 1.24. The molecule has 2 heterocycles. The largest absolute Gasteiger partial charge is 0.335 e. The van der Waals surface area contributed by atoms with E-state index in [2.05, 4.69) is 40.3 Å². The van der Waals surface area contributed by atoms with Crippen LogP contribution in [0.4, 0.5) is 6.01 Å². The van der Waals surface area contributed by atoms with Crippen LogP contribution in [0, 0.1) is 6.92 Å².